The fourth-order valence-electron chi connectivity index (χ4n) is 5.92. The number of hydrogen-bond acceptors (Lipinski definition) is 5. The summed E-state index contributed by atoms with van der Waals surface area (Å²) in [6.07, 6.45) is 36.7. The predicted octanol–water partition coefficient (Wildman–Crippen LogP) is 10.9. The first-order valence-corrected chi connectivity index (χ1v) is 21.5. The number of unbranched alkanes of at least 4 members (excludes halogenated alkanes) is 16. The highest BCUT2D eigenvalue weighted by molar-refractivity contribution is 8.13. The first-order valence-electron chi connectivity index (χ1n) is 20.5. The van der Waals surface area contributed by atoms with Crippen LogP contribution >= 0.6 is 11.8 Å². The lowest BCUT2D eigenvalue weighted by atomic mass is 9.93. The first kappa shape index (κ1) is 47.4. The van der Waals surface area contributed by atoms with Crippen LogP contribution in [-0.2, 0) is 14.4 Å². The van der Waals surface area contributed by atoms with Gasteiger partial charge in [-0.15, -0.1) is 0 Å². The number of amides is 2. The molecule has 2 atom stereocenters. The number of allylic oxidation sites excluding steroid dienone is 4. The second-order valence-electron chi connectivity index (χ2n) is 14.2. The van der Waals surface area contributed by atoms with Crippen LogP contribution in [-0.4, -0.2) is 60.8 Å². The SMILES string of the molecule is CCCCC/C=C\C/C=C\CCCCCCCC(=O)SCCC(NC(=O)C(CCCCCC)CCCCCCCC)C(=O)NCCN(C)C. The lowest BCUT2D eigenvalue weighted by molar-refractivity contribution is -0.131. The van der Waals surface area contributed by atoms with E-state index in [0.29, 0.717) is 25.1 Å². The van der Waals surface area contributed by atoms with Gasteiger partial charge >= 0.3 is 0 Å². The molecule has 0 aliphatic rings. The van der Waals surface area contributed by atoms with Crippen molar-refractivity contribution in [2.45, 2.75) is 187 Å². The molecular weight excluding hydrogens is 627 g/mol. The second-order valence-corrected chi connectivity index (χ2v) is 15.4. The smallest absolute Gasteiger partial charge is 0.242 e. The van der Waals surface area contributed by atoms with Crippen LogP contribution in [0.1, 0.15) is 181 Å². The normalized spacial score (nSPS) is 13.0. The Labute approximate surface area is 308 Å². The molecule has 0 aliphatic carbocycles. The van der Waals surface area contributed by atoms with Gasteiger partial charge in [0.1, 0.15) is 6.04 Å². The molecule has 0 aliphatic heterocycles. The van der Waals surface area contributed by atoms with Crippen molar-refractivity contribution in [2.24, 2.45) is 5.92 Å². The zero-order valence-corrected chi connectivity index (χ0v) is 33.7. The zero-order valence-electron chi connectivity index (χ0n) is 32.8. The van der Waals surface area contributed by atoms with E-state index in [2.05, 4.69) is 55.7 Å². The number of nitrogens with zero attached hydrogens (tertiary/aromatic N) is 1. The van der Waals surface area contributed by atoms with E-state index < -0.39 is 6.04 Å². The van der Waals surface area contributed by atoms with Crippen LogP contribution in [0, 0.1) is 5.92 Å². The molecule has 2 amide bonds. The fraction of sp³-hybridized carbons (Fsp3) is 0.833. The van der Waals surface area contributed by atoms with Crippen molar-refractivity contribution in [3.63, 3.8) is 0 Å². The topological polar surface area (TPSA) is 78.5 Å². The number of hydrogen-bond donors (Lipinski definition) is 2. The molecule has 0 aromatic carbocycles. The minimum atomic E-state index is -0.603. The summed E-state index contributed by atoms with van der Waals surface area (Å²) >= 11 is 1.32. The third-order valence-corrected chi connectivity index (χ3v) is 10.1. The second kappa shape index (κ2) is 36.2. The molecule has 2 unspecified atom stereocenters. The van der Waals surface area contributed by atoms with Crippen molar-refractivity contribution in [3.8, 4) is 0 Å². The van der Waals surface area contributed by atoms with Gasteiger partial charge in [-0.1, -0.05) is 153 Å². The van der Waals surface area contributed by atoms with Crippen molar-refractivity contribution in [2.75, 3.05) is 32.9 Å². The highest BCUT2D eigenvalue weighted by Crippen LogP contribution is 2.20. The van der Waals surface area contributed by atoms with E-state index in [0.717, 1.165) is 64.3 Å². The summed E-state index contributed by atoms with van der Waals surface area (Å²) in [7, 11) is 3.96. The molecule has 0 spiro atoms. The van der Waals surface area contributed by atoms with Crippen LogP contribution in [0.3, 0.4) is 0 Å². The monoisotopic (exact) mass is 706 g/mol. The molecule has 6 nitrogen and oxygen atoms in total. The van der Waals surface area contributed by atoms with Crippen molar-refractivity contribution >= 4 is 28.7 Å². The summed E-state index contributed by atoms with van der Waals surface area (Å²) in [5.74, 6) is 0.372. The molecule has 286 valence electrons. The summed E-state index contributed by atoms with van der Waals surface area (Å²) in [4.78, 5) is 41.4. The van der Waals surface area contributed by atoms with Gasteiger partial charge in [0.05, 0.1) is 0 Å². The van der Waals surface area contributed by atoms with Gasteiger partial charge in [-0.3, -0.25) is 14.4 Å². The fourth-order valence-corrected chi connectivity index (χ4v) is 6.79. The quantitative estimate of drug-likeness (QED) is 0.0507. The molecule has 0 saturated heterocycles. The zero-order chi connectivity index (χ0) is 36.2. The van der Waals surface area contributed by atoms with E-state index >= 15 is 0 Å². The van der Waals surface area contributed by atoms with Gasteiger partial charge in [0.2, 0.25) is 11.8 Å². The maximum atomic E-state index is 13.6. The Morgan fingerprint density at radius 1 is 0.612 bits per heavy atom. The van der Waals surface area contributed by atoms with Gasteiger partial charge in [-0.2, -0.15) is 0 Å². The van der Waals surface area contributed by atoms with Gasteiger partial charge in [0.25, 0.3) is 0 Å². The van der Waals surface area contributed by atoms with E-state index in [1.54, 1.807) is 0 Å². The lowest BCUT2D eigenvalue weighted by Gasteiger charge is -2.23. The molecule has 0 aromatic rings. The summed E-state index contributed by atoms with van der Waals surface area (Å²) in [6, 6.07) is -0.603. The maximum absolute atomic E-state index is 13.6. The average Bonchev–Trinajstić information content (AvgIpc) is 3.08. The predicted molar refractivity (Wildman–Crippen MR) is 215 cm³/mol. The molecule has 0 saturated carbocycles. The van der Waals surface area contributed by atoms with Crippen molar-refractivity contribution in [1.29, 1.82) is 0 Å². The number of rotatable bonds is 35. The molecule has 0 radical (unpaired) electrons. The highest BCUT2D eigenvalue weighted by atomic mass is 32.2. The van der Waals surface area contributed by atoms with Crippen molar-refractivity contribution in [3.05, 3.63) is 24.3 Å². The van der Waals surface area contributed by atoms with Gasteiger partial charge in [-0.25, -0.2) is 0 Å². The summed E-state index contributed by atoms with van der Waals surface area (Å²) < 4.78 is 0. The van der Waals surface area contributed by atoms with Crippen LogP contribution in [0.15, 0.2) is 24.3 Å². The molecular formula is C42H79N3O3S. The van der Waals surface area contributed by atoms with Gasteiger partial charge < -0.3 is 15.5 Å². The van der Waals surface area contributed by atoms with E-state index in [1.807, 2.05) is 19.0 Å². The van der Waals surface area contributed by atoms with Crippen LogP contribution in [0.4, 0.5) is 0 Å². The standard InChI is InChI=1S/C42H79N3O3S/c1-6-9-12-15-17-18-19-20-21-22-23-24-25-27-30-33-40(46)49-37-34-39(42(48)43-35-36-45(4)5)44-41(47)38(31-28-14-11-8-3)32-29-26-16-13-10-7-2/h17-18,20-21,38-39H,6-16,19,22-37H2,1-5H3,(H,43,48)(H,44,47)/b18-17-,21-20-. The first-order chi connectivity index (χ1) is 23.8. The minimum Gasteiger partial charge on any atom is -0.353 e. The number of carbonyl (C=O) groups excluding carboxylic acids is 3. The summed E-state index contributed by atoms with van der Waals surface area (Å²) in [6.45, 7) is 7.96. The van der Waals surface area contributed by atoms with E-state index in [9.17, 15) is 14.4 Å². The highest BCUT2D eigenvalue weighted by Gasteiger charge is 2.25. The summed E-state index contributed by atoms with van der Waals surface area (Å²) in [5.41, 5.74) is 0. The molecule has 0 heterocycles. The molecule has 49 heavy (non-hydrogen) atoms. The molecule has 0 fully saturated rings. The Kier molecular flexibility index (Phi) is 35.0. The Bertz CT molecular complexity index is 845. The van der Waals surface area contributed by atoms with Crippen LogP contribution < -0.4 is 10.6 Å². The van der Waals surface area contributed by atoms with Crippen LogP contribution in [0.25, 0.3) is 0 Å². The Morgan fingerprint density at radius 3 is 1.73 bits per heavy atom. The lowest BCUT2D eigenvalue weighted by Crippen LogP contribution is -2.49. The number of thioether (sulfide) groups is 1. The van der Waals surface area contributed by atoms with Gasteiger partial charge in [0, 0.05) is 31.2 Å². The third kappa shape index (κ3) is 32.1. The van der Waals surface area contributed by atoms with E-state index in [4.69, 9.17) is 0 Å². The van der Waals surface area contributed by atoms with Crippen LogP contribution in [0.5, 0.6) is 0 Å². The van der Waals surface area contributed by atoms with Gasteiger partial charge in [-0.05, 0) is 71.9 Å². The van der Waals surface area contributed by atoms with Gasteiger partial charge in [0.15, 0.2) is 5.12 Å². The Hall–Kier alpha value is -1.60. The average molecular weight is 706 g/mol. The largest absolute Gasteiger partial charge is 0.353 e. The number of nitrogens with one attached hydrogen (secondary N) is 2. The van der Waals surface area contributed by atoms with Crippen molar-refractivity contribution < 1.29 is 14.4 Å². The Morgan fingerprint density at radius 2 is 1.12 bits per heavy atom. The summed E-state index contributed by atoms with van der Waals surface area (Å²) in [5, 5.41) is 6.34. The molecule has 0 bridgehead atoms. The van der Waals surface area contributed by atoms with Crippen molar-refractivity contribution in [1.82, 2.24) is 15.5 Å². The van der Waals surface area contributed by atoms with E-state index in [1.165, 1.54) is 102 Å². The molecule has 0 rings (SSSR count). The molecule has 2 N–H and O–H groups in total. The minimum absolute atomic E-state index is 0.0132. The Balaban J connectivity index is 4.64. The third-order valence-electron chi connectivity index (χ3n) is 9.18. The number of likely N-dealkylation sites (N-methyl/N-ethyl adjacent to an activating group) is 1. The number of carbonyl (C=O) groups is 3. The molecule has 0 aromatic heterocycles. The van der Waals surface area contributed by atoms with Crippen LogP contribution in [0.2, 0.25) is 0 Å². The maximum Gasteiger partial charge on any atom is 0.242 e. The van der Waals surface area contributed by atoms with E-state index in [-0.39, 0.29) is 22.8 Å². The molecule has 7 heteroatoms.